The van der Waals surface area contributed by atoms with Gasteiger partial charge in [-0.15, -0.1) is 0 Å². The van der Waals surface area contributed by atoms with Crippen molar-refractivity contribution in [3.05, 3.63) is 0 Å². The van der Waals surface area contributed by atoms with Crippen LogP contribution in [0.2, 0.25) is 0 Å². The smallest absolute Gasteiger partial charge is 0.246 e. The number of nitrogens with one attached hydrogen (secondary N) is 2. The molecule has 94 valence electrons. The minimum atomic E-state index is 0.00655. The van der Waals surface area contributed by atoms with E-state index in [0.29, 0.717) is 6.04 Å². The lowest BCUT2D eigenvalue weighted by atomic mass is 10.0. The van der Waals surface area contributed by atoms with Gasteiger partial charge in [-0.05, 0) is 26.2 Å². The van der Waals surface area contributed by atoms with E-state index in [1.165, 1.54) is 0 Å². The normalized spacial score (nSPS) is 25.4. The van der Waals surface area contributed by atoms with Crippen LogP contribution in [0.3, 0.4) is 0 Å². The van der Waals surface area contributed by atoms with Gasteiger partial charge in [-0.3, -0.25) is 4.79 Å². The van der Waals surface area contributed by atoms with E-state index in [-0.39, 0.29) is 18.6 Å². The molecule has 0 aromatic carbocycles. The molecule has 1 rings (SSSR count). The molecule has 16 heavy (non-hydrogen) atoms. The number of hydrogen-bond donors (Lipinski definition) is 2. The van der Waals surface area contributed by atoms with Crippen LogP contribution in [0.5, 0.6) is 0 Å². The molecule has 2 N–H and O–H groups in total. The highest BCUT2D eigenvalue weighted by atomic mass is 16.5. The molecule has 1 amide bonds. The molecule has 1 fully saturated rings. The number of rotatable bonds is 6. The van der Waals surface area contributed by atoms with Crippen LogP contribution < -0.4 is 10.6 Å². The molecular formula is C12H24N2O2. The zero-order valence-corrected chi connectivity index (χ0v) is 10.4. The summed E-state index contributed by atoms with van der Waals surface area (Å²) in [6, 6.07) is 0.582. The van der Waals surface area contributed by atoms with E-state index in [0.717, 1.165) is 38.8 Å². The minimum Gasteiger partial charge on any atom is -0.367 e. The van der Waals surface area contributed by atoms with Gasteiger partial charge in [-0.25, -0.2) is 0 Å². The Balaban J connectivity index is 2.03. The van der Waals surface area contributed by atoms with Crippen molar-refractivity contribution in [1.82, 2.24) is 10.6 Å². The van der Waals surface area contributed by atoms with Crippen molar-refractivity contribution >= 4 is 5.91 Å². The zero-order valence-electron chi connectivity index (χ0n) is 10.4. The second-order valence-corrected chi connectivity index (χ2v) is 4.52. The monoisotopic (exact) mass is 228 g/mol. The van der Waals surface area contributed by atoms with E-state index < -0.39 is 0 Å². The number of amides is 1. The summed E-state index contributed by atoms with van der Waals surface area (Å²) in [5, 5.41) is 6.20. The van der Waals surface area contributed by atoms with E-state index in [1.54, 1.807) is 0 Å². The fourth-order valence-electron chi connectivity index (χ4n) is 1.76. The standard InChI is InChI=1S/C12H24N2O2/c1-3-4-7-13-12(15)9-16-11-6-5-10(2)14-8-11/h10-11,14H,3-9H2,1-2H3,(H,13,15). The summed E-state index contributed by atoms with van der Waals surface area (Å²) in [6.45, 7) is 6.11. The molecule has 0 spiro atoms. The fourth-order valence-corrected chi connectivity index (χ4v) is 1.76. The lowest BCUT2D eigenvalue weighted by Gasteiger charge is -2.27. The van der Waals surface area contributed by atoms with Gasteiger partial charge in [-0.1, -0.05) is 13.3 Å². The van der Waals surface area contributed by atoms with Gasteiger partial charge in [0.2, 0.25) is 5.91 Å². The summed E-state index contributed by atoms with van der Waals surface area (Å²) in [6.07, 6.45) is 4.52. The molecule has 0 bridgehead atoms. The Morgan fingerprint density at radius 1 is 1.50 bits per heavy atom. The molecule has 0 aromatic heterocycles. The van der Waals surface area contributed by atoms with Gasteiger partial charge in [-0.2, -0.15) is 0 Å². The van der Waals surface area contributed by atoms with Crippen LogP contribution in [-0.2, 0) is 9.53 Å². The summed E-state index contributed by atoms with van der Waals surface area (Å²) < 4.78 is 5.55. The van der Waals surface area contributed by atoms with E-state index in [4.69, 9.17) is 4.74 Å². The fraction of sp³-hybridized carbons (Fsp3) is 0.917. The number of unbranched alkanes of at least 4 members (excludes halogenated alkanes) is 1. The van der Waals surface area contributed by atoms with Crippen LogP contribution in [0.25, 0.3) is 0 Å². The summed E-state index contributed by atoms with van der Waals surface area (Å²) in [5.41, 5.74) is 0. The topological polar surface area (TPSA) is 50.4 Å². The Labute approximate surface area is 98.1 Å². The summed E-state index contributed by atoms with van der Waals surface area (Å²) in [4.78, 5) is 11.4. The van der Waals surface area contributed by atoms with Crippen molar-refractivity contribution < 1.29 is 9.53 Å². The third kappa shape index (κ3) is 5.47. The van der Waals surface area contributed by atoms with Crippen LogP contribution in [-0.4, -0.2) is 37.7 Å². The second kappa shape index (κ2) is 7.63. The maximum Gasteiger partial charge on any atom is 0.246 e. The molecule has 0 aromatic rings. The van der Waals surface area contributed by atoms with Crippen molar-refractivity contribution in [3.8, 4) is 0 Å². The van der Waals surface area contributed by atoms with E-state index in [2.05, 4.69) is 24.5 Å². The number of carbonyl (C=O) groups excluding carboxylic acids is 1. The van der Waals surface area contributed by atoms with Crippen LogP contribution in [0, 0.1) is 0 Å². The molecule has 0 radical (unpaired) electrons. The first-order valence-corrected chi connectivity index (χ1v) is 6.34. The molecule has 1 heterocycles. The molecule has 2 unspecified atom stereocenters. The molecule has 1 aliphatic heterocycles. The lowest BCUT2D eigenvalue weighted by molar-refractivity contribution is -0.128. The van der Waals surface area contributed by atoms with Crippen LogP contribution in [0.4, 0.5) is 0 Å². The highest BCUT2D eigenvalue weighted by Gasteiger charge is 2.18. The van der Waals surface area contributed by atoms with Crippen LogP contribution >= 0.6 is 0 Å². The summed E-state index contributed by atoms with van der Waals surface area (Å²) in [7, 11) is 0. The minimum absolute atomic E-state index is 0.00655. The molecular weight excluding hydrogens is 204 g/mol. The quantitative estimate of drug-likeness (QED) is 0.668. The third-order valence-electron chi connectivity index (χ3n) is 2.92. The average molecular weight is 228 g/mol. The Kier molecular flexibility index (Phi) is 6.42. The number of hydrogen-bond acceptors (Lipinski definition) is 3. The van der Waals surface area contributed by atoms with E-state index >= 15 is 0 Å². The van der Waals surface area contributed by atoms with Gasteiger partial charge in [0, 0.05) is 19.1 Å². The first-order valence-electron chi connectivity index (χ1n) is 6.34. The zero-order chi connectivity index (χ0) is 11.8. The van der Waals surface area contributed by atoms with Gasteiger partial charge < -0.3 is 15.4 Å². The maximum atomic E-state index is 11.4. The first-order chi connectivity index (χ1) is 7.72. The maximum absolute atomic E-state index is 11.4. The predicted octanol–water partition coefficient (Wildman–Crippen LogP) is 1.06. The molecule has 4 heteroatoms. The van der Waals surface area contributed by atoms with Gasteiger partial charge in [0.15, 0.2) is 0 Å². The lowest BCUT2D eigenvalue weighted by Crippen LogP contribution is -2.42. The van der Waals surface area contributed by atoms with E-state index in [1.807, 2.05) is 0 Å². The predicted molar refractivity (Wildman–Crippen MR) is 64.4 cm³/mol. The Hall–Kier alpha value is -0.610. The highest BCUT2D eigenvalue weighted by molar-refractivity contribution is 5.77. The van der Waals surface area contributed by atoms with Crippen molar-refractivity contribution in [1.29, 1.82) is 0 Å². The molecule has 2 atom stereocenters. The van der Waals surface area contributed by atoms with Gasteiger partial charge in [0.05, 0.1) is 6.10 Å². The Bertz CT molecular complexity index is 201. The van der Waals surface area contributed by atoms with Gasteiger partial charge in [0.1, 0.15) is 6.61 Å². The van der Waals surface area contributed by atoms with Crippen molar-refractivity contribution in [2.45, 2.75) is 51.7 Å². The second-order valence-electron chi connectivity index (χ2n) is 4.52. The number of ether oxygens (including phenoxy) is 1. The van der Waals surface area contributed by atoms with Gasteiger partial charge in [0.25, 0.3) is 0 Å². The van der Waals surface area contributed by atoms with Gasteiger partial charge >= 0.3 is 0 Å². The number of piperidine rings is 1. The van der Waals surface area contributed by atoms with Crippen LogP contribution in [0.15, 0.2) is 0 Å². The molecule has 4 nitrogen and oxygen atoms in total. The van der Waals surface area contributed by atoms with Crippen molar-refractivity contribution in [2.75, 3.05) is 19.7 Å². The molecule has 0 saturated carbocycles. The largest absolute Gasteiger partial charge is 0.367 e. The highest BCUT2D eigenvalue weighted by Crippen LogP contribution is 2.10. The Morgan fingerprint density at radius 2 is 2.31 bits per heavy atom. The Morgan fingerprint density at radius 3 is 2.94 bits per heavy atom. The third-order valence-corrected chi connectivity index (χ3v) is 2.92. The number of carbonyl (C=O) groups is 1. The van der Waals surface area contributed by atoms with Crippen molar-refractivity contribution in [2.24, 2.45) is 0 Å². The van der Waals surface area contributed by atoms with Crippen molar-refractivity contribution in [3.63, 3.8) is 0 Å². The molecule has 1 saturated heterocycles. The summed E-state index contributed by atoms with van der Waals surface area (Å²) >= 11 is 0. The average Bonchev–Trinajstić information content (AvgIpc) is 2.29. The molecule has 1 aliphatic rings. The summed E-state index contributed by atoms with van der Waals surface area (Å²) in [5.74, 6) is 0.00655. The van der Waals surface area contributed by atoms with Crippen LogP contribution in [0.1, 0.15) is 39.5 Å². The van der Waals surface area contributed by atoms with E-state index in [9.17, 15) is 4.79 Å². The molecule has 0 aliphatic carbocycles. The first kappa shape index (κ1) is 13.5. The SMILES string of the molecule is CCCCNC(=O)COC1CCC(C)NC1.